The Balaban J connectivity index is 2.17. The normalized spacial score (nSPS) is 10.4. The van der Waals surface area contributed by atoms with Gasteiger partial charge >= 0.3 is 0 Å². The Kier molecular flexibility index (Phi) is 5.92. The van der Waals surface area contributed by atoms with Crippen molar-refractivity contribution in [2.45, 2.75) is 13.2 Å². The molecule has 0 unspecified atom stereocenters. The number of nitrogens with one attached hydrogen (secondary N) is 1. The monoisotopic (exact) mass is 321 g/mol. The lowest BCUT2D eigenvalue weighted by Crippen LogP contribution is -2.04. The Morgan fingerprint density at radius 2 is 1.82 bits per heavy atom. The van der Waals surface area contributed by atoms with Crippen molar-refractivity contribution in [2.75, 3.05) is 26.6 Å². The number of hydrogen-bond acceptors (Lipinski definition) is 4. The summed E-state index contributed by atoms with van der Waals surface area (Å²) in [6, 6.07) is 11.8. The van der Waals surface area contributed by atoms with Gasteiger partial charge in [-0.15, -0.1) is 0 Å². The minimum Gasteiger partial charge on any atom is -0.493 e. The summed E-state index contributed by atoms with van der Waals surface area (Å²) in [6.07, 6.45) is 0. The lowest BCUT2D eigenvalue weighted by molar-refractivity contribution is 0.185. The third kappa shape index (κ3) is 3.84. The van der Waals surface area contributed by atoms with Gasteiger partial charge in [0, 0.05) is 24.9 Å². The van der Waals surface area contributed by atoms with Gasteiger partial charge in [-0.2, -0.15) is 0 Å². The number of benzene rings is 2. The van der Waals surface area contributed by atoms with Crippen molar-refractivity contribution < 1.29 is 14.2 Å². The summed E-state index contributed by atoms with van der Waals surface area (Å²) < 4.78 is 15.8. The van der Waals surface area contributed by atoms with Crippen LogP contribution in [0.4, 0.5) is 5.69 Å². The van der Waals surface area contributed by atoms with Gasteiger partial charge in [0.2, 0.25) is 0 Å². The second-order valence-electron chi connectivity index (χ2n) is 4.76. The van der Waals surface area contributed by atoms with Crippen LogP contribution in [0.1, 0.15) is 11.1 Å². The highest BCUT2D eigenvalue weighted by Crippen LogP contribution is 2.36. The van der Waals surface area contributed by atoms with Gasteiger partial charge in [-0.25, -0.2) is 0 Å². The van der Waals surface area contributed by atoms with Crippen molar-refractivity contribution >= 4 is 17.3 Å². The molecule has 0 amide bonds. The maximum atomic E-state index is 6.22. The summed E-state index contributed by atoms with van der Waals surface area (Å²) in [5, 5.41) is 3.93. The molecular weight excluding hydrogens is 302 g/mol. The molecule has 0 radical (unpaired) electrons. The predicted molar refractivity (Wildman–Crippen MR) is 89.0 cm³/mol. The van der Waals surface area contributed by atoms with Crippen LogP contribution in [0.25, 0.3) is 0 Å². The average molecular weight is 322 g/mol. The number of para-hydroxylation sites is 1. The van der Waals surface area contributed by atoms with Gasteiger partial charge in [-0.1, -0.05) is 29.8 Å². The summed E-state index contributed by atoms with van der Waals surface area (Å²) in [7, 11) is 4.85. The van der Waals surface area contributed by atoms with Crippen molar-refractivity contribution in [1.29, 1.82) is 0 Å². The number of anilines is 1. The summed E-state index contributed by atoms with van der Waals surface area (Å²) in [6.45, 7) is 1.19. The first-order valence-corrected chi connectivity index (χ1v) is 7.28. The van der Waals surface area contributed by atoms with Gasteiger partial charge in [0.1, 0.15) is 0 Å². The second-order valence-corrected chi connectivity index (χ2v) is 5.16. The molecule has 0 fully saturated rings. The van der Waals surface area contributed by atoms with E-state index < -0.39 is 0 Å². The Labute approximate surface area is 136 Å². The van der Waals surface area contributed by atoms with Gasteiger partial charge < -0.3 is 19.5 Å². The maximum absolute atomic E-state index is 6.22. The van der Waals surface area contributed by atoms with E-state index in [9.17, 15) is 0 Å². The fraction of sp³-hybridized carbons (Fsp3) is 0.294. The van der Waals surface area contributed by atoms with Gasteiger partial charge in [0.25, 0.3) is 0 Å². The first kappa shape index (κ1) is 16.5. The van der Waals surface area contributed by atoms with Gasteiger partial charge in [0.15, 0.2) is 11.5 Å². The molecule has 0 aliphatic heterocycles. The maximum Gasteiger partial charge on any atom is 0.179 e. The lowest BCUT2D eigenvalue weighted by Gasteiger charge is -2.14. The van der Waals surface area contributed by atoms with E-state index in [2.05, 4.69) is 5.32 Å². The smallest absolute Gasteiger partial charge is 0.179 e. The van der Waals surface area contributed by atoms with E-state index in [4.69, 9.17) is 25.8 Å². The Morgan fingerprint density at radius 1 is 1.05 bits per heavy atom. The summed E-state index contributed by atoms with van der Waals surface area (Å²) >= 11 is 6.22. The van der Waals surface area contributed by atoms with E-state index >= 15 is 0 Å². The third-order valence-corrected chi connectivity index (χ3v) is 3.57. The molecule has 118 valence electrons. The van der Waals surface area contributed by atoms with Crippen molar-refractivity contribution in [1.82, 2.24) is 0 Å². The van der Waals surface area contributed by atoms with Crippen LogP contribution < -0.4 is 14.8 Å². The van der Waals surface area contributed by atoms with Crippen LogP contribution in [0.15, 0.2) is 36.4 Å². The molecule has 0 heterocycles. The van der Waals surface area contributed by atoms with Crippen molar-refractivity contribution in [3.8, 4) is 11.5 Å². The Morgan fingerprint density at radius 3 is 2.50 bits per heavy atom. The average Bonchev–Trinajstić information content (AvgIpc) is 2.53. The van der Waals surface area contributed by atoms with Gasteiger partial charge in [-0.3, -0.25) is 0 Å². The molecule has 2 rings (SSSR count). The second kappa shape index (κ2) is 7.92. The molecule has 4 nitrogen and oxygen atoms in total. The summed E-state index contributed by atoms with van der Waals surface area (Å²) in [5.41, 5.74) is 3.15. The van der Waals surface area contributed by atoms with Gasteiger partial charge in [-0.05, 0) is 23.8 Å². The number of ether oxygens (including phenoxy) is 3. The van der Waals surface area contributed by atoms with E-state index in [-0.39, 0.29) is 0 Å². The summed E-state index contributed by atoms with van der Waals surface area (Å²) in [5.74, 6) is 1.17. The van der Waals surface area contributed by atoms with Crippen molar-refractivity contribution in [3.05, 3.63) is 52.5 Å². The van der Waals surface area contributed by atoms with E-state index in [1.807, 2.05) is 36.4 Å². The largest absolute Gasteiger partial charge is 0.493 e. The predicted octanol–water partition coefficient (Wildman–Crippen LogP) is 4.12. The van der Waals surface area contributed by atoms with Crippen LogP contribution in [0.2, 0.25) is 5.02 Å². The first-order chi connectivity index (χ1) is 10.7. The van der Waals surface area contributed by atoms with Crippen LogP contribution in [-0.4, -0.2) is 21.3 Å². The Bertz CT molecular complexity index is 631. The minimum atomic E-state index is 0.531. The minimum absolute atomic E-state index is 0.531. The number of hydrogen-bond donors (Lipinski definition) is 1. The molecule has 0 saturated heterocycles. The van der Waals surface area contributed by atoms with Gasteiger partial charge in [0.05, 0.1) is 25.8 Å². The molecule has 0 aliphatic rings. The van der Waals surface area contributed by atoms with Crippen LogP contribution in [0.3, 0.4) is 0 Å². The highest BCUT2D eigenvalue weighted by atomic mass is 35.5. The zero-order valence-electron chi connectivity index (χ0n) is 13.0. The lowest BCUT2D eigenvalue weighted by atomic mass is 10.1. The molecule has 0 aromatic heterocycles. The molecule has 0 bridgehead atoms. The number of rotatable bonds is 7. The van der Waals surface area contributed by atoms with E-state index in [1.54, 1.807) is 21.3 Å². The molecule has 5 heteroatoms. The molecule has 22 heavy (non-hydrogen) atoms. The zero-order chi connectivity index (χ0) is 15.9. The third-order valence-electron chi connectivity index (χ3n) is 3.29. The molecule has 0 atom stereocenters. The van der Waals surface area contributed by atoms with E-state index in [0.717, 1.165) is 16.8 Å². The quantitative estimate of drug-likeness (QED) is 0.833. The highest BCUT2D eigenvalue weighted by molar-refractivity contribution is 6.32. The highest BCUT2D eigenvalue weighted by Gasteiger charge is 2.11. The van der Waals surface area contributed by atoms with E-state index in [0.29, 0.717) is 29.7 Å². The molecule has 2 aromatic carbocycles. The SMILES string of the molecule is COCc1ccccc1NCc1cc(Cl)c(OC)c(OC)c1. The van der Waals surface area contributed by atoms with E-state index in [1.165, 1.54) is 0 Å². The Hall–Kier alpha value is -1.91. The molecule has 1 N–H and O–H groups in total. The van der Waals surface area contributed by atoms with Crippen LogP contribution in [0, 0.1) is 0 Å². The number of halogens is 1. The molecule has 0 spiro atoms. The summed E-state index contributed by atoms with van der Waals surface area (Å²) in [4.78, 5) is 0. The first-order valence-electron chi connectivity index (χ1n) is 6.90. The topological polar surface area (TPSA) is 39.7 Å². The van der Waals surface area contributed by atoms with Crippen LogP contribution in [0.5, 0.6) is 11.5 Å². The van der Waals surface area contributed by atoms with Crippen molar-refractivity contribution in [3.63, 3.8) is 0 Å². The van der Waals surface area contributed by atoms with Crippen LogP contribution >= 0.6 is 11.6 Å². The molecular formula is C17H20ClNO3. The fourth-order valence-corrected chi connectivity index (χ4v) is 2.56. The molecule has 0 aliphatic carbocycles. The standard InChI is InChI=1S/C17H20ClNO3/c1-20-11-13-6-4-5-7-15(13)19-10-12-8-14(18)17(22-3)16(9-12)21-2/h4-9,19H,10-11H2,1-3H3. The molecule has 0 saturated carbocycles. The van der Waals surface area contributed by atoms with Crippen molar-refractivity contribution in [2.24, 2.45) is 0 Å². The number of methoxy groups -OCH3 is 3. The zero-order valence-corrected chi connectivity index (χ0v) is 13.7. The van der Waals surface area contributed by atoms with Crippen LogP contribution in [-0.2, 0) is 17.9 Å². The fourth-order valence-electron chi connectivity index (χ4n) is 2.24. The molecule has 2 aromatic rings.